The summed E-state index contributed by atoms with van der Waals surface area (Å²) in [5.41, 5.74) is 5.00. The van der Waals surface area contributed by atoms with E-state index in [1.54, 1.807) is 0 Å². The van der Waals surface area contributed by atoms with Gasteiger partial charge in [0.15, 0.2) is 0 Å². The Morgan fingerprint density at radius 2 is 2.05 bits per heavy atom. The van der Waals surface area contributed by atoms with Crippen LogP contribution in [0.2, 0.25) is 0 Å². The van der Waals surface area contributed by atoms with E-state index in [0.717, 1.165) is 18.4 Å². The fourth-order valence-electron chi connectivity index (χ4n) is 2.34. The summed E-state index contributed by atoms with van der Waals surface area (Å²) in [6, 6.07) is 9.18. The van der Waals surface area contributed by atoms with Gasteiger partial charge in [-0.15, -0.1) is 0 Å². The molecule has 0 radical (unpaired) electrons. The van der Waals surface area contributed by atoms with E-state index in [4.69, 9.17) is 0 Å². The van der Waals surface area contributed by atoms with Gasteiger partial charge in [-0.2, -0.15) is 0 Å². The van der Waals surface area contributed by atoms with Gasteiger partial charge in [-0.05, 0) is 44.4 Å². The molecule has 1 atom stereocenters. The zero-order valence-electron chi connectivity index (χ0n) is 11.9. The predicted octanol–water partition coefficient (Wildman–Crippen LogP) is 4.26. The van der Waals surface area contributed by atoms with Gasteiger partial charge in [-0.3, -0.25) is 0 Å². The third-order valence-corrected chi connectivity index (χ3v) is 3.78. The van der Waals surface area contributed by atoms with E-state index in [1.165, 1.54) is 23.1 Å². The van der Waals surface area contributed by atoms with Gasteiger partial charge in [0.25, 0.3) is 0 Å². The predicted molar refractivity (Wildman–Crippen MR) is 84.1 cm³/mol. The van der Waals surface area contributed by atoms with Crippen LogP contribution < -0.4 is 5.32 Å². The van der Waals surface area contributed by atoms with Gasteiger partial charge in [-0.1, -0.05) is 60.2 Å². The van der Waals surface area contributed by atoms with Crippen molar-refractivity contribution in [1.29, 1.82) is 0 Å². The average molecular weight is 253 g/mol. The molecule has 1 nitrogen and oxygen atoms in total. The maximum absolute atomic E-state index is 4.14. The zero-order valence-corrected chi connectivity index (χ0v) is 11.9. The number of aryl methyl sites for hydroxylation is 1. The van der Waals surface area contributed by atoms with Crippen molar-refractivity contribution >= 4 is 5.57 Å². The lowest BCUT2D eigenvalue weighted by Gasteiger charge is -2.19. The Balaban J connectivity index is 1.97. The molecule has 0 heterocycles. The lowest BCUT2D eigenvalue weighted by molar-refractivity contribution is 0.510. The van der Waals surface area contributed by atoms with Gasteiger partial charge in [0.1, 0.15) is 0 Å². The molecule has 0 bridgehead atoms. The molecule has 0 spiro atoms. The highest BCUT2D eigenvalue weighted by Gasteiger charge is 2.10. The fraction of sp³-hybridized carbons (Fsp3) is 0.333. The van der Waals surface area contributed by atoms with E-state index in [9.17, 15) is 0 Å². The van der Waals surface area contributed by atoms with Crippen LogP contribution >= 0.6 is 0 Å². The second-order valence-corrected chi connectivity index (χ2v) is 5.26. The van der Waals surface area contributed by atoms with E-state index < -0.39 is 0 Å². The smallest absolute Gasteiger partial charge is 0.0102 e. The zero-order chi connectivity index (χ0) is 13.7. The molecule has 1 aliphatic carbocycles. The average Bonchev–Trinajstić information content (AvgIpc) is 2.46. The Morgan fingerprint density at radius 1 is 1.32 bits per heavy atom. The Bertz CT molecular complexity index is 491. The number of allylic oxidation sites excluding steroid dienone is 4. The highest BCUT2D eigenvalue weighted by molar-refractivity contribution is 5.72. The normalized spacial score (nSPS) is 19.5. The number of benzene rings is 1. The molecule has 19 heavy (non-hydrogen) atoms. The molecular weight excluding hydrogens is 230 g/mol. The minimum atomic E-state index is 0.650. The number of hydrogen-bond donors (Lipinski definition) is 1. The van der Waals surface area contributed by atoms with Crippen molar-refractivity contribution in [2.45, 2.75) is 32.2 Å². The summed E-state index contributed by atoms with van der Waals surface area (Å²) >= 11 is 0. The van der Waals surface area contributed by atoms with Crippen LogP contribution in [0.4, 0.5) is 0 Å². The lowest BCUT2D eigenvalue weighted by atomic mass is 9.94. The molecule has 0 saturated heterocycles. The van der Waals surface area contributed by atoms with Crippen molar-refractivity contribution in [2.24, 2.45) is 0 Å². The van der Waals surface area contributed by atoms with Crippen LogP contribution in [0.25, 0.3) is 5.57 Å². The largest absolute Gasteiger partial charge is 0.317 e. The quantitative estimate of drug-likeness (QED) is 0.790. The molecule has 0 aliphatic heterocycles. The SMILES string of the molecule is C=C(/C=C/C1=CCC(NC)CC1)c1ccc(C)cc1. The first-order chi connectivity index (χ1) is 9.19. The van der Waals surface area contributed by atoms with Crippen LogP contribution in [0.1, 0.15) is 30.4 Å². The molecule has 100 valence electrons. The first kappa shape index (κ1) is 13.8. The molecule has 1 aromatic rings. The third kappa shape index (κ3) is 3.93. The molecule has 1 heteroatoms. The molecule has 0 saturated carbocycles. The maximum Gasteiger partial charge on any atom is 0.0102 e. The second-order valence-electron chi connectivity index (χ2n) is 5.26. The van der Waals surface area contributed by atoms with E-state index in [2.05, 4.69) is 61.3 Å². The first-order valence-electron chi connectivity index (χ1n) is 6.99. The van der Waals surface area contributed by atoms with E-state index >= 15 is 0 Å². The minimum Gasteiger partial charge on any atom is -0.317 e. The van der Waals surface area contributed by atoms with Crippen LogP contribution in [-0.2, 0) is 0 Å². The van der Waals surface area contributed by atoms with Gasteiger partial charge in [0.2, 0.25) is 0 Å². The van der Waals surface area contributed by atoms with E-state index in [-0.39, 0.29) is 0 Å². The second kappa shape index (κ2) is 6.53. The maximum atomic E-state index is 4.14. The molecule has 1 N–H and O–H groups in total. The molecule has 0 aromatic heterocycles. The lowest BCUT2D eigenvalue weighted by Crippen LogP contribution is -2.26. The van der Waals surface area contributed by atoms with Crippen molar-refractivity contribution < 1.29 is 0 Å². The number of hydrogen-bond acceptors (Lipinski definition) is 1. The van der Waals surface area contributed by atoms with Crippen LogP contribution in [-0.4, -0.2) is 13.1 Å². The van der Waals surface area contributed by atoms with Gasteiger partial charge < -0.3 is 5.32 Å². The van der Waals surface area contributed by atoms with Crippen LogP contribution in [0.3, 0.4) is 0 Å². The van der Waals surface area contributed by atoms with E-state index in [1.807, 2.05) is 7.05 Å². The Labute approximate surface area is 116 Å². The Morgan fingerprint density at radius 3 is 2.63 bits per heavy atom. The van der Waals surface area contributed by atoms with Crippen molar-refractivity contribution in [1.82, 2.24) is 5.32 Å². The summed E-state index contributed by atoms with van der Waals surface area (Å²) in [4.78, 5) is 0. The van der Waals surface area contributed by atoms with Crippen molar-refractivity contribution in [3.8, 4) is 0 Å². The minimum absolute atomic E-state index is 0.650. The Kier molecular flexibility index (Phi) is 4.75. The standard InChI is InChI=1S/C18H23N/c1-14-4-10-17(11-5-14)15(2)6-7-16-8-12-18(19-3)13-9-16/h4-8,10-11,18-19H,2,9,12-13H2,1,3H3/b7-6+. The van der Waals surface area contributed by atoms with Crippen molar-refractivity contribution in [3.05, 3.63) is 65.8 Å². The summed E-state index contributed by atoms with van der Waals surface area (Å²) in [5, 5.41) is 3.33. The summed E-state index contributed by atoms with van der Waals surface area (Å²) < 4.78 is 0. The van der Waals surface area contributed by atoms with Gasteiger partial charge in [-0.25, -0.2) is 0 Å². The van der Waals surface area contributed by atoms with Crippen molar-refractivity contribution in [2.75, 3.05) is 7.05 Å². The summed E-state index contributed by atoms with van der Waals surface area (Å²) in [5.74, 6) is 0. The Hall–Kier alpha value is -1.60. The molecule has 0 amide bonds. The molecular formula is C18H23N. The van der Waals surface area contributed by atoms with E-state index in [0.29, 0.717) is 6.04 Å². The van der Waals surface area contributed by atoms with Crippen molar-refractivity contribution in [3.63, 3.8) is 0 Å². The number of rotatable bonds is 4. The molecule has 1 aromatic carbocycles. The summed E-state index contributed by atoms with van der Waals surface area (Å²) in [6.45, 7) is 6.25. The molecule has 1 unspecified atom stereocenters. The monoisotopic (exact) mass is 253 g/mol. The van der Waals surface area contributed by atoms with Crippen LogP contribution in [0.15, 0.2) is 54.6 Å². The van der Waals surface area contributed by atoms with Gasteiger partial charge in [0.05, 0.1) is 0 Å². The summed E-state index contributed by atoms with van der Waals surface area (Å²) in [6.07, 6.45) is 10.2. The fourth-order valence-corrected chi connectivity index (χ4v) is 2.34. The van der Waals surface area contributed by atoms with Gasteiger partial charge in [0, 0.05) is 6.04 Å². The number of nitrogens with one attached hydrogen (secondary N) is 1. The topological polar surface area (TPSA) is 12.0 Å². The van der Waals surface area contributed by atoms with Gasteiger partial charge >= 0.3 is 0 Å². The molecule has 0 fully saturated rings. The summed E-state index contributed by atoms with van der Waals surface area (Å²) in [7, 11) is 2.04. The highest BCUT2D eigenvalue weighted by atomic mass is 14.9. The molecule has 2 rings (SSSR count). The third-order valence-electron chi connectivity index (χ3n) is 3.78. The van der Waals surface area contributed by atoms with Crippen LogP contribution in [0.5, 0.6) is 0 Å². The first-order valence-corrected chi connectivity index (χ1v) is 6.99. The molecule has 1 aliphatic rings. The highest BCUT2D eigenvalue weighted by Crippen LogP contribution is 2.21. The van der Waals surface area contributed by atoms with Crippen LogP contribution in [0, 0.1) is 6.92 Å².